The zero-order valence-corrected chi connectivity index (χ0v) is 21.8. The summed E-state index contributed by atoms with van der Waals surface area (Å²) in [5.74, 6) is -1.47. The van der Waals surface area contributed by atoms with Gasteiger partial charge in [0.15, 0.2) is 6.04 Å². The van der Waals surface area contributed by atoms with E-state index < -0.39 is 29.9 Å². The highest BCUT2D eigenvalue weighted by Gasteiger charge is 2.42. The van der Waals surface area contributed by atoms with Gasteiger partial charge >= 0.3 is 11.9 Å². The number of hydrazone groups is 1. The Balaban J connectivity index is 1.62. The lowest BCUT2D eigenvalue weighted by Crippen LogP contribution is -2.46. The van der Waals surface area contributed by atoms with Crippen molar-refractivity contribution in [1.82, 2.24) is 9.91 Å². The minimum Gasteiger partial charge on any atom is -0.497 e. The number of hydrogen-bond acceptors (Lipinski definition) is 9. The molecule has 4 rings (SSSR count). The summed E-state index contributed by atoms with van der Waals surface area (Å²) in [6.45, 7) is 1.85. The van der Waals surface area contributed by atoms with E-state index >= 15 is 0 Å². The van der Waals surface area contributed by atoms with E-state index in [-0.39, 0.29) is 28.7 Å². The number of esters is 1. The number of ether oxygens (including phenoxy) is 2. The molecule has 1 amide bonds. The first-order valence-electron chi connectivity index (χ1n) is 11.5. The van der Waals surface area contributed by atoms with Gasteiger partial charge in [-0.1, -0.05) is 54.3 Å². The molecular formula is C26H25N3O6S2. The van der Waals surface area contributed by atoms with Gasteiger partial charge in [-0.2, -0.15) is 5.10 Å². The lowest BCUT2D eigenvalue weighted by atomic mass is 10.0. The zero-order chi connectivity index (χ0) is 26.5. The van der Waals surface area contributed by atoms with E-state index in [1.54, 1.807) is 38.3 Å². The fourth-order valence-corrected chi connectivity index (χ4v) is 5.34. The summed E-state index contributed by atoms with van der Waals surface area (Å²) in [7, 11) is 1.56. The molecule has 9 nitrogen and oxygen atoms in total. The average Bonchev–Trinajstić information content (AvgIpc) is 3.44. The van der Waals surface area contributed by atoms with Crippen LogP contribution in [0.4, 0.5) is 0 Å². The van der Waals surface area contributed by atoms with Gasteiger partial charge in [-0.05, 0) is 42.3 Å². The molecule has 0 spiro atoms. The smallest absolute Gasteiger partial charge is 0.329 e. The monoisotopic (exact) mass is 539 g/mol. The van der Waals surface area contributed by atoms with Crippen LogP contribution in [0.25, 0.3) is 0 Å². The van der Waals surface area contributed by atoms with Crippen molar-refractivity contribution in [3.8, 4) is 5.75 Å². The van der Waals surface area contributed by atoms with Crippen molar-refractivity contribution in [1.29, 1.82) is 0 Å². The second kappa shape index (κ2) is 11.6. The Morgan fingerprint density at radius 2 is 1.92 bits per heavy atom. The first kappa shape index (κ1) is 26.4. The van der Waals surface area contributed by atoms with Crippen LogP contribution in [0.15, 0.2) is 70.8 Å². The Bertz CT molecular complexity index is 1260. The molecule has 0 aliphatic carbocycles. The molecule has 1 fully saturated rings. The van der Waals surface area contributed by atoms with Gasteiger partial charge in [-0.3, -0.25) is 14.7 Å². The maximum atomic E-state index is 13.4. The number of rotatable bonds is 9. The van der Waals surface area contributed by atoms with Crippen LogP contribution in [-0.4, -0.2) is 68.7 Å². The molecule has 2 aromatic carbocycles. The van der Waals surface area contributed by atoms with E-state index in [1.165, 1.54) is 16.1 Å². The number of carbonyl (C=O) groups is 3. The van der Waals surface area contributed by atoms with Crippen LogP contribution in [0.3, 0.4) is 0 Å². The number of methoxy groups -OCH3 is 1. The zero-order valence-electron chi connectivity index (χ0n) is 20.2. The van der Waals surface area contributed by atoms with Gasteiger partial charge in [-0.25, -0.2) is 9.59 Å². The average molecular weight is 540 g/mol. The highest BCUT2D eigenvalue weighted by Crippen LogP contribution is 2.35. The predicted molar refractivity (Wildman–Crippen MR) is 143 cm³/mol. The van der Waals surface area contributed by atoms with Crippen LogP contribution in [0, 0.1) is 0 Å². The number of thiocarbonyl (C=S) groups is 1. The second-order valence-electron chi connectivity index (χ2n) is 8.21. The Morgan fingerprint density at radius 3 is 2.54 bits per heavy atom. The van der Waals surface area contributed by atoms with Gasteiger partial charge in [0.05, 0.1) is 24.3 Å². The summed E-state index contributed by atoms with van der Waals surface area (Å²) in [5.41, 5.74) is 2.16. The molecule has 11 heteroatoms. The molecule has 0 unspecified atom stereocenters. The van der Waals surface area contributed by atoms with Crippen LogP contribution >= 0.6 is 24.0 Å². The topological polar surface area (TPSA) is 109 Å². The number of hydrogen-bond donors (Lipinski definition) is 1. The number of carboxylic acid groups (broad SMARTS) is 1. The summed E-state index contributed by atoms with van der Waals surface area (Å²) in [4.78, 5) is 39.7. The number of carbonyl (C=O) groups excluding carboxylic acids is 2. The minimum absolute atomic E-state index is 0.151. The van der Waals surface area contributed by atoms with E-state index in [0.717, 1.165) is 22.9 Å². The fraction of sp³-hybridized carbons (Fsp3) is 0.269. The van der Waals surface area contributed by atoms with Crippen LogP contribution in [0.1, 0.15) is 24.5 Å². The second-order valence-corrected chi connectivity index (χ2v) is 9.88. The first-order valence-corrected chi connectivity index (χ1v) is 12.8. The molecule has 2 atom stereocenters. The summed E-state index contributed by atoms with van der Waals surface area (Å²) >= 11 is 6.47. The molecule has 37 heavy (non-hydrogen) atoms. The molecule has 2 aliphatic heterocycles. The van der Waals surface area contributed by atoms with Crippen molar-refractivity contribution in [2.75, 3.05) is 13.7 Å². The third-order valence-electron chi connectivity index (χ3n) is 5.87. The van der Waals surface area contributed by atoms with E-state index in [4.69, 9.17) is 21.7 Å². The summed E-state index contributed by atoms with van der Waals surface area (Å²) in [6.07, 6.45) is 1.76. The molecule has 1 N–H and O–H groups in total. The number of thioether (sulfide) groups is 1. The minimum atomic E-state index is -1.08. The summed E-state index contributed by atoms with van der Waals surface area (Å²) in [5, 5.41) is 15.5. The Morgan fingerprint density at radius 1 is 1.22 bits per heavy atom. The SMILES string of the molecule is CCOC(=O)[C@@H](Cc1ccccc1)N1C(=O)/C(=C/N2N=C(c3ccc(OC)cc3)C[C@@H]2C(=O)O)SC1=S. The fourth-order valence-electron chi connectivity index (χ4n) is 4.02. The highest BCUT2D eigenvalue weighted by molar-refractivity contribution is 8.26. The third kappa shape index (κ3) is 5.83. The number of amides is 1. The highest BCUT2D eigenvalue weighted by atomic mass is 32.2. The quantitative estimate of drug-likeness (QED) is 0.291. The molecule has 2 heterocycles. The van der Waals surface area contributed by atoms with E-state index in [1.807, 2.05) is 30.3 Å². The van der Waals surface area contributed by atoms with Crippen LogP contribution < -0.4 is 4.74 Å². The maximum Gasteiger partial charge on any atom is 0.329 e. The van der Waals surface area contributed by atoms with Crippen molar-refractivity contribution in [2.45, 2.75) is 31.8 Å². The van der Waals surface area contributed by atoms with Crippen molar-refractivity contribution in [3.63, 3.8) is 0 Å². The van der Waals surface area contributed by atoms with Gasteiger partial charge in [0, 0.05) is 19.0 Å². The summed E-state index contributed by atoms with van der Waals surface area (Å²) in [6, 6.07) is 14.5. The number of nitrogens with zero attached hydrogens (tertiary/aromatic N) is 3. The standard InChI is InChI=1S/C26H25N3O6S2/c1-3-35-25(33)21(13-16-7-5-4-6-8-16)29-23(30)22(37-26(29)36)15-28-20(24(31)32)14-19(27-28)17-9-11-18(34-2)12-10-17/h4-12,15,20-21H,3,13-14H2,1-2H3,(H,31,32)/b22-15-/t20-,21-/m1/s1. The van der Waals surface area contributed by atoms with E-state index in [9.17, 15) is 19.5 Å². The predicted octanol–water partition coefficient (Wildman–Crippen LogP) is 3.43. The Hall–Kier alpha value is -3.70. The molecule has 2 aromatic rings. The maximum absolute atomic E-state index is 13.4. The Labute approximate surface area is 223 Å². The number of carboxylic acids is 1. The molecular weight excluding hydrogens is 514 g/mol. The van der Waals surface area contributed by atoms with Crippen molar-refractivity contribution < 1.29 is 29.0 Å². The van der Waals surface area contributed by atoms with Crippen molar-refractivity contribution in [2.24, 2.45) is 5.10 Å². The van der Waals surface area contributed by atoms with Gasteiger partial charge in [0.2, 0.25) is 0 Å². The van der Waals surface area contributed by atoms with E-state index in [2.05, 4.69) is 5.10 Å². The van der Waals surface area contributed by atoms with Gasteiger partial charge < -0.3 is 14.6 Å². The van der Waals surface area contributed by atoms with Crippen LogP contribution in [0.2, 0.25) is 0 Å². The van der Waals surface area contributed by atoms with Gasteiger partial charge in [0.1, 0.15) is 16.1 Å². The molecule has 1 saturated heterocycles. The summed E-state index contributed by atoms with van der Waals surface area (Å²) < 4.78 is 10.6. The van der Waals surface area contributed by atoms with E-state index in [0.29, 0.717) is 11.5 Å². The van der Waals surface area contributed by atoms with Gasteiger partial charge in [-0.15, -0.1) is 0 Å². The number of aliphatic carboxylic acids is 1. The van der Waals surface area contributed by atoms with Crippen molar-refractivity contribution in [3.05, 3.63) is 76.8 Å². The molecule has 2 aliphatic rings. The molecule has 0 aromatic heterocycles. The molecule has 0 bridgehead atoms. The first-order chi connectivity index (χ1) is 17.8. The molecule has 192 valence electrons. The lowest BCUT2D eigenvalue weighted by molar-refractivity contribution is -0.150. The molecule has 0 saturated carbocycles. The van der Waals surface area contributed by atoms with Crippen molar-refractivity contribution >= 4 is 51.9 Å². The Kier molecular flexibility index (Phi) is 8.24. The largest absolute Gasteiger partial charge is 0.497 e. The van der Waals surface area contributed by atoms with Gasteiger partial charge in [0.25, 0.3) is 5.91 Å². The third-order valence-corrected chi connectivity index (χ3v) is 7.18. The van der Waals surface area contributed by atoms with Crippen LogP contribution in [0.5, 0.6) is 5.75 Å². The molecule has 0 radical (unpaired) electrons. The number of benzene rings is 2. The normalized spacial score (nSPS) is 19.2. The van der Waals surface area contributed by atoms with Crippen LogP contribution in [-0.2, 0) is 25.5 Å². The lowest BCUT2D eigenvalue weighted by Gasteiger charge is -2.25.